The number of piperidine rings is 1. The second kappa shape index (κ2) is 7.14. The third-order valence-corrected chi connectivity index (χ3v) is 3.51. The molecule has 0 aliphatic carbocycles. The second-order valence-electron chi connectivity index (χ2n) is 4.96. The summed E-state index contributed by atoms with van der Waals surface area (Å²) < 4.78 is 5.48. The van der Waals surface area contributed by atoms with Crippen LogP contribution >= 0.6 is 0 Å². The van der Waals surface area contributed by atoms with Crippen LogP contribution in [0.5, 0.6) is 5.75 Å². The standard InChI is InChI=1S/C15H21NO3/c17-10-8-13-5-4-9-16(11-13)15(18)12-19-14-6-2-1-3-7-14/h1-3,6-7,13,17H,4-5,8-12H2. The number of benzene rings is 1. The summed E-state index contributed by atoms with van der Waals surface area (Å²) >= 11 is 0. The Morgan fingerprint density at radius 1 is 1.37 bits per heavy atom. The second-order valence-corrected chi connectivity index (χ2v) is 4.96. The van der Waals surface area contributed by atoms with Gasteiger partial charge in [-0.3, -0.25) is 4.79 Å². The van der Waals surface area contributed by atoms with Crippen molar-refractivity contribution >= 4 is 5.91 Å². The molecule has 1 unspecified atom stereocenters. The van der Waals surface area contributed by atoms with Crippen LogP contribution in [0.1, 0.15) is 19.3 Å². The molecule has 1 aromatic carbocycles. The Kier molecular flexibility index (Phi) is 5.21. The van der Waals surface area contributed by atoms with Gasteiger partial charge in [0, 0.05) is 19.7 Å². The fraction of sp³-hybridized carbons (Fsp3) is 0.533. The maximum Gasteiger partial charge on any atom is 0.260 e. The average Bonchev–Trinajstić information content (AvgIpc) is 2.46. The molecule has 0 aromatic heterocycles. The van der Waals surface area contributed by atoms with Crippen LogP contribution in [-0.4, -0.2) is 42.2 Å². The topological polar surface area (TPSA) is 49.8 Å². The number of hydrogen-bond donors (Lipinski definition) is 1. The zero-order valence-electron chi connectivity index (χ0n) is 11.1. The summed E-state index contributed by atoms with van der Waals surface area (Å²) in [5.74, 6) is 1.19. The van der Waals surface area contributed by atoms with Crippen molar-refractivity contribution in [2.24, 2.45) is 5.92 Å². The minimum Gasteiger partial charge on any atom is -0.484 e. The van der Waals surface area contributed by atoms with E-state index in [-0.39, 0.29) is 19.1 Å². The van der Waals surface area contributed by atoms with Gasteiger partial charge in [-0.15, -0.1) is 0 Å². The minimum atomic E-state index is 0.0338. The number of carbonyl (C=O) groups is 1. The first-order valence-electron chi connectivity index (χ1n) is 6.86. The first-order chi connectivity index (χ1) is 9.29. The normalized spacial score (nSPS) is 19.2. The van der Waals surface area contributed by atoms with Gasteiger partial charge in [-0.2, -0.15) is 0 Å². The Balaban J connectivity index is 1.79. The Morgan fingerprint density at radius 2 is 2.16 bits per heavy atom. The third kappa shape index (κ3) is 4.24. The van der Waals surface area contributed by atoms with Gasteiger partial charge in [0.15, 0.2) is 6.61 Å². The fourth-order valence-corrected chi connectivity index (χ4v) is 2.46. The van der Waals surface area contributed by atoms with Gasteiger partial charge >= 0.3 is 0 Å². The number of hydrogen-bond acceptors (Lipinski definition) is 3. The van der Waals surface area contributed by atoms with E-state index in [9.17, 15) is 4.79 Å². The number of carbonyl (C=O) groups excluding carboxylic acids is 1. The molecule has 19 heavy (non-hydrogen) atoms. The molecule has 1 atom stereocenters. The van der Waals surface area contributed by atoms with Crippen molar-refractivity contribution in [3.05, 3.63) is 30.3 Å². The minimum absolute atomic E-state index is 0.0338. The average molecular weight is 263 g/mol. The third-order valence-electron chi connectivity index (χ3n) is 3.51. The number of likely N-dealkylation sites (tertiary alicyclic amines) is 1. The lowest BCUT2D eigenvalue weighted by Crippen LogP contribution is -2.42. The van der Waals surface area contributed by atoms with Gasteiger partial charge in [-0.05, 0) is 37.3 Å². The van der Waals surface area contributed by atoms with Crippen LogP contribution in [0.2, 0.25) is 0 Å². The number of ether oxygens (including phenoxy) is 1. The molecular weight excluding hydrogens is 242 g/mol. The van der Waals surface area contributed by atoms with Crippen LogP contribution in [0.3, 0.4) is 0 Å². The molecule has 1 N–H and O–H groups in total. The van der Waals surface area contributed by atoms with Gasteiger partial charge in [0.25, 0.3) is 5.91 Å². The molecule has 2 rings (SSSR count). The van der Waals surface area contributed by atoms with Crippen molar-refractivity contribution in [1.82, 2.24) is 4.90 Å². The van der Waals surface area contributed by atoms with Crippen LogP contribution < -0.4 is 4.74 Å². The van der Waals surface area contributed by atoms with Crippen LogP contribution in [0.4, 0.5) is 0 Å². The molecule has 1 saturated heterocycles. The highest BCUT2D eigenvalue weighted by atomic mass is 16.5. The Hall–Kier alpha value is -1.55. The lowest BCUT2D eigenvalue weighted by molar-refractivity contribution is -0.135. The number of aliphatic hydroxyl groups excluding tert-OH is 1. The first kappa shape index (κ1) is 13.9. The van der Waals surface area contributed by atoms with Crippen LogP contribution in [-0.2, 0) is 4.79 Å². The van der Waals surface area contributed by atoms with Gasteiger partial charge in [0.2, 0.25) is 0 Å². The monoisotopic (exact) mass is 263 g/mol. The Bertz CT molecular complexity index is 392. The molecule has 1 aliphatic heterocycles. The van der Waals surface area contributed by atoms with Crippen molar-refractivity contribution in [3.63, 3.8) is 0 Å². The van der Waals surface area contributed by atoms with Crippen LogP contribution in [0, 0.1) is 5.92 Å². The number of amides is 1. The summed E-state index contributed by atoms with van der Waals surface area (Å²) in [6.07, 6.45) is 2.90. The lowest BCUT2D eigenvalue weighted by Gasteiger charge is -2.32. The molecule has 0 saturated carbocycles. The van der Waals surface area contributed by atoms with Crippen LogP contribution in [0.25, 0.3) is 0 Å². The Morgan fingerprint density at radius 3 is 2.89 bits per heavy atom. The summed E-state index contributed by atoms with van der Waals surface area (Å²) in [4.78, 5) is 13.9. The highest BCUT2D eigenvalue weighted by Gasteiger charge is 2.23. The number of nitrogens with zero attached hydrogens (tertiary/aromatic N) is 1. The number of rotatable bonds is 5. The summed E-state index contributed by atoms with van der Waals surface area (Å²) in [6.45, 7) is 1.85. The van der Waals surface area contributed by atoms with E-state index in [4.69, 9.17) is 9.84 Å². The van der Waals surface area contributed by atoms with Gasteiger partial charge < -0.3 is 14.7 Å². The zero-order chi connectivity index (χ0) is 13.5. The highest BCUT2D eigenvalue weighted by Crippen LogP contribution is 2.19. The molecule has 0 spiro atoms. The van der Waals surface area contributed by atoms with Gasteiger partial charge in [-0.25, -0.2) is 0 Å². The van der Waals surface area contributed by atoms with Crippen molar-refractivity contribution in [2.45, 2.75) is 19.3 Å². The summed E-state index contributed by atoms with van der Waals surface area (Å²) in [5.41, 5.74) is 0. The molecule has 0 radical (unpaired) electrons. The zero-order valence-corrected chi connectivity index (χ0v) is 11.1. The maximum atomic E-state index is 12.1. The smallest absolute Gasteiger partial charge is 0.260 e. The van der Waals surface area contributed by atoms with Crippen molar-refractivity contribution in [1.29, 1.82) is 0 Å². The molecule has 4 nitrogen and oxygen atoms in total. The van der Waals surface area contributed by atoms with Crippen molar-refractivity contribution in [3.8, 4) is 5.75 Å². The van der Waals surface area contributed by atoms with E-state index in [2.05, 4.69) is 0 Å². The molecule has 1 amide bonds. The molecule has 0 bridgehead atoms. The van der Waals surface area contributed by atoms with Crippen LogP contribution in [0.15, 0.2) is 30.3 Å². The first-order valence-corrected chi connectivity index (χ1v) is 6.86. The molecule has 1 heterocycles. The van der Waals surface area contributed by atoms with E-state index in [0.29, 0.717) is 5.92 Å². The molecule has 104 valence electrons. The summed E-state index contributed by atoms with van der Waals surface area (Å²) in [5, 5.41) is 8.97. The number of aliphatic hydroxyl groups is 1. The van der Waals surface area contributed by atoms with Gasteiger partial charge in [0.05, 0.1) is 0 Å². The van der Waals surface area contributed by atoms with E-state index in [1.807, 2.05) is 35.2 Å². The SMILES string of the molecule is O=C(COc1ccccc1)N1CCCC(CCO)C1. The van der Waals surface area contributed by atoms with Crippen molar-refractivity contribution in [2.75, 3.05) is 26.3 Å². The highest BCUT2D eigenvalue weighted by molar-refractivity contribution is 5.77. The maximum absolute atomic E-state index is 12.1. The summed E-state index contributed by atoms with van der Waals surface area (Å²) in [6, 6.07) is 9.38. The Labute approximate surface area is 114 Å². The van der Waals surface area contributed by atoms with Gasteiger partial charge in [-0.1, -0.05) is 18.2 Å². The van der Waals surface area contributed by atoms with Gasteiger partial charge in [0.1, 0.15) is 5.75 Å². The molecule has 4 heteroatoms. The lowest BCUT2D eigenvalue weighted by atomic mass is 9.95. The molecule has 1 fully saturated rings. The predicted molar refractivity (Wildman–Crippen MR) is 72.9 cm³/mol. The fourth-order valence-electron chi connectivity index (χ4n) is 2.46. The van der Waals surface area contributed by atoms with E-state index in [1.54, 1.807) is 0 Å². The van der Waals surface area contributed by atoms with Crippen molar-refractivity contribution < 1.29 is 14.6 Å². The van der Waals surface area contributed by atoms with E-state index < -0.39 is 0 Å². The molecule has 1 aromatic rings. The summed E-state index contributed by atoms with van der Waals surface area (Å²) in [7, 11) is 0. The molecular formula is C15H21NO3. The van der Waals surface area contributed by atoms with E-state index >= 15 is 0 Å². The van der Waals surface area contributed by atoms with E-state index in [1.165, 1.54) is 0 Å². The molecule has 1 aliphatic rings. The largest absolute Gasteiger partial charge is 0.484 e. The predicted octanol–water partition coefficient (Wildman–Crippen LogP) is 1.69. The number of para-hydroxylation sites is 1. The quantitative estimate of drug-likeness (QED) is 0.879. The van der Waals surface area contributed by atoms with E-state index in [0.717, 1.165) is 38.1 Å².